The molecule has 0 aromatic heterocycles. The van der Waals surface area contributed by atoms with Crippen molar-refractivity contribution < 1.29 is 4.79 Å². The molecule has 1 saturated carbocycles. The van der Waals surface area contributed by atoms with Crippen LogP contribution in [0.5, 0.6) is 0 Å². The summed E-state index contributed by atoms with van der Waals surface area (Å²) in [6.45, 7) is 3.77. The molecular weight excluding hydrogens is 174 g/mol. The molecule has 2 heteroatoms. The monoisotopic (exact) mass is 185 g/mol. The van der Waals surface area contributed by atoms with Gasteiger partial charge in [-0.15, -0.1) is 6.58 Å². The first-order chi connectivity index (χ1) is 6.79. The molecule has 1 spiro atoms. The molecule has 2 aliphatic rings. The first-order valence-electron chi connectivity index (χ1n) is 4.82. The van der Waals surface area contributed by atoms with Crippen LogP contribution in [0.3, 0.4) is 0 Å². The second-order valence-corrected chi connectivity index (χ2v) is 4.02. The molecule has 70 valence electrons. The Bertz CT molecular complexity index is 438. The van der Waals surface area contributed by atoms with Crippen LogP contribution in [0, 0.1) is 5.92 Å². The van der Waals surface area contributed by atoms with E-state index < -0.39 is 0 Å². The van der Waals surface area contributed by atoms with Crippen molar-refractivity contribution in [3.63, 3.8) is 0 Å². The highest BCUT2D eigenvalue weighted by atomic mass is 16.2. The number of carbonyl (C=O) groups excluding carboxylic acids is 1. The summed E-state index contributed by atoms with van der Waals surface area (Å²) in [5.74, 6) is 0.467. The minimum Gasteiger partial charge on any atom is -0.325 e. The van der Waals surface area contributed by atoms with Gasteiger partial charge in [-0.1, -0.05) is 24.3 Å². The minimum atomic E-state index is -0.266. The van der Waals surface area contributed by atoms with E-state index in [1.54, 1.807) is 0 Å². The Balaban J connectivity index is 2.17. The molecule has 3 rings (SSSR count). The Kier molecular flexibility index (Phi) is 1.26. The zero-order valence-electron chi connectivity index (χ0n) is 7.79. The van der Waals surface area contributed by atoms with E-state index in [0.29, 0.717) is 5.92 Å². The molecule has 0 saturated heterocycles. The number of hydrogen-bond donors (Lipinski definition) is 1. The lowest BCUT2D eigenvalue weighted by Crippen LogP contribution is -2.20. The Labute approximate surface area is 82.6 Å². The number of hydrogen-bond acceptors (Lipinski definition) is 1. The fourth-order valence-electron chi connectivity index (χ4n) is 2.48. The van der Waals surface area contributed by atoms with Crippen LogP contribution in [0.2, 0.25) is 0 Å². The highest BCUT2D eigenvalue weighted by molar-refractivity contribution is 6.09. The number of anilines is 1. The molecule has 1 N–H and O–H groups in total. The molecule has 1 aliphatic carbocycles. The zero-order chi connectivity index (χ0) is 9.76. The van der Waals surface area contributed by atoms with Gasteiger partial charge in [0.15, 0.2) is 0 Å². The van der Waals surface area contributed by atoms with Crippen LogP contribution in [-0.4, -0.2) is 5.91 Å². The van der Waals surface area contributed by atoms with Gasteiger partial charge in [0.05, 0.1) is 5.41 Å². The van der Waals surface area contributed by atoms with Crippen molar-refractivity contribution >= 4 is 11.6 Å². The largest absolute Gasteiger partial charge is 0.325 e. The van der Waals surface area contributed by atoms with Crippen molar-refractivity contribution in [2.45, 2.75) is 11.8 Å². The summed E-state index contributed by atoms with van der Waals surface area (Å²) in [4.78, 5) is 11.8. The van der Waals surface area contributed by atoms with Crippen molar-refractivity contribution in [2.24, 2.45) is 5.92 Å². The van der Waals surface area contributed by atoms with E-state index in [0.717, 1.165) is 17.7 Å². The second-order valence-electron chi connectivity index (χ2n) is 4.02. The Morgan fingerprint density at radius 2 is 2.29 bits per heavy atom. The maximum Gasteiger partial charge on any atom is 0.235 e. The highest BCUT2D eigenvalue weighted by Gasteiger charge is 2.63. The number of carbonyl (C=O) groups is 1. The third-order valence-corrected chi connectivity index (χ3v) is 3.36. The molecule has 1 amide bonds. The van der Waals surface area contributed by atoms with Crippen molar-refractivity contribution in [1.29, 1.82) is 0 Å². The summed E-state index contributed by atoms with van der Waals surface area (Å²) < 4.78 is 0. The summed E-state index contributed by atoms with van der Waals surface area (Å²) in [5.41, 5.74) is 1.86. The number of rotatable bonds is 1. The first-order valence-corrected chi connectivity index (χ1v) is 4.82. The normalized spacial score (nSPS) is 32.6. The number of para-hydroxylation sites is 1. The topological polar surface area (TPSA) is 29.1 Å². The van der Waals surface area contributed by atoms with Gasteiger partial charge in [-0.2, -0.15) is 0 Å². The maximum atomic E-state index is 11.8. The van der Waals surface area contributed by atoms with Gasteiger partial charge in [-0.3, -0.25) is 4.79 Å². The van der Waals surface area contributed by atoms with Gasteiger partial charge in [0, 0.05) is 5.69 Å². The predicted molar refractivity (Wildman–Crippen MR) is 55.1 cm³/mol. The van der Waals surface area contributed by atoms with Gasteiger partial charge in [0.1, 0.15) is 0 Å². The van der Waals surface area contributed by atoms with Crippen molar-refractivity contribution in [3.05, 3.63) is 42.5 Å². The molecule has 0 radical (unpaired) electrons. The van der Waals surface area contributed by atoms with Crippen LogP contribution in [0.4, 0.5) is 5.69 Å². The molecule has 2 atom stereocenters. The number of nitrogens with one attached hydrogen (secondary N) is 1. The van der Waals surface area contributed by atoms with E-state index in [1.165, 1.54) is 0 Å². The van der Waals surface area contributed by atoms with E-state index in [-0.39, 0.29) is 11.3 Å². The third-order valence-electron chi connectivity index (χ3n) is 3.36. The minimum absolute atomic E-state index is 0.142. The van der Waals surface area contributed by atoms with Crippen LogP contribution in [0.15, 0.2) is 36.9 Å². The SMILES string of the molecule is C=CC1CC12C(=O)Nc1ccccc12. The van der Waals surface area contributed by atoms with E-state index in [9.17, 15) is 4.79 Å². The van der Waals surface area contributed by atoms with Crippen LogP contribution >= 0.6 is 0 Å². The lowest BCUT2D eigenvalue weighted by molar-refractivity contribution is -0.118. The smallest absolute Gasteiger partial charge is 0.235 e. The summed E-state index contributed by atoms with van der Waals surface area (Å²) in [7, 11) is 0. The van der Waals surface area contributed by atoms with Crippen molar-refractivity contribution in [3.8, 4) is 0 Å². The molecule has 1 aliphatic heterocycles. The first kappa shape index (κ1) is 7.80. The summed E-state index contributed by atoms with van der Waals surface area (Å²) >= 11 is 0. The molecular formula is C12H11NO. The average molecular weight is 185 g/mol. The molecule has 2 nitrogen and oxygen atoms in total. The van der Waals surface area contributed by atoms with Crippen molar-refractivity contribution in [2.75, 3.05) is 5.32 Å². The molecule has 1 aromatic carbocycles. The van der Waals surface area contributed by atoms with Gasteiger partial charge in [0.25, 0.3) is 0 Å². The fourth-order valence-corrected chi connectivity index (χ4v) is 2.48. The van der Waals surface area contributed by atoms with Crippen LogP contribution < -0.4 is 5.32 Å². The standard InChI is InChI=1S/C12H11NO/c1-2-8-7-12(8)9-5-3-4-6-10(9)13-11(12)14/h2-6,8H,1,7H2,(H,13,14). The van der Waals surface area contributed by atoms with Crippen molar-refractivity contribution in [1.82, 2.24) is 0 Å². The second kappa shape index (κ2) is 2.27. The number of amides is 1. The fraction of sp³-hybridized carbons (Fsp3) is 0.250. The molecule has 1 fully saturated rings. The molecule has 1 aromatic rings. The lowest BCUT2D eigenvalue weighted by Gasteiger charge is -2.04. The van der Waals surface area contributed by atoms with Gasteiger partial charge < -0.3 is 5.32 Å². The third kappa shape index (κ3) is 0.699. The molecule has 14 heavy (non-hydrogen) atoms. The Morgan fingerprint density at radius 3 is 3.00 bits per heavy atom. The van der Waals surface area contributed by atoms with Gasteiger partial charge >= 0.3 is 0 Å². The summed E-state index contributed by atoms with van der Waals surface area (Å²) in [6.07, 6.45) is 2.81. The Morgan fingerprint density at radius 1 is 1.50 bits per heavy atom. The van der Waals surface area contributed by atoms with E-state index in [4.69, 9.17) is 0 Å². The van der Waals surface area contributed by atoms with Gasteiger partial charge in [-0.25, -0.2) is 0 Å². The predicted octanol–water partition coefficient (Wildman–Crippen LogP) is 2.08. The average Bonchev–Trinajstić information content (AvgIpc) is 2.87. The van der Waals surface area contributed by atoms with Gasteiger partial charge in [-0.05, 0) is 24.0 Å². The van der Waals surface area contributed by atoms with Crippen LogP contribution in [0.1, 0.15) is 12.0 Å². The van der Waals surface area contributed by atoms with E-state index in [1.807, 2.05) is 30.3 Å². The molecule has 0 bridgehead atoms. The molecule has 2 unspecified atom stereocenters. The van der Waals surface area contributed by atoms with E-state index in [2.05, 4.69) is 11.9 Å². The van der Waals surface area contributed by atoms with Crippen LogP contribution in [-0.2, 0) is 10.2 Å². The van der Waals surface area contributed by atoms with Crippen LogP contribution in [0.25, 0.3) is 0 Å². The van der Waals surface area contributed by atoms with E-state index >= 15 is 0 Å². The Hall–Kier alpha value is -1.57. The molecule has 1 heterocycles. The lowest BCUT2D eigenvalue weighted by atomic mass is 9.95. The quantitative estimate of drug-likeness (QED) is 0.667. The number of fused-ring (bicyclic) bond motifs is 2. The maximum absolute atomic E-state index is 11.8. The summed E-state index contributed by atoms with van der Waals surface area (Å²) in [6, 6.07) is 7.93. The zero-order valence-corrected chi connectivity index (χ0v) is 7.79. The highest BCUT2D eigenvalue weighted by Crippen LogP contribution is 2.60. The van der Waals surface area contributed by atoms with Gasteiger partial charge in [0.2, 0.25) is 5.91 Å². The number of benzene rings is 1. The number of allylic oxidation sites excluding steroid dienone is 1. The summed E-state index contributed by atoms with van der Waals surface area (Å²) in [5, 5.41) is 2.93.